The van der Waals surface area contributed by atoms with Crippen molar-refractivity contribution in [1.82, 2.24) is 0 Å². The standard InChI is InChI=1S/C64H100O6/c1-4-7-10-13-16-19-22-25-28-30-32-34-36-39-42-45-48-51-54-57-63(66)69-60-61(59-68-62(65)56-53-50-47-44-41-38-35-27-24-21-18-15-12-9-6-3)70-64(67)58-55-52-49-46-43-40-37-33-31-29-26-23-20-17-14-11-8-5-2/h7,10-11,13-14,16-17,19-20,22-23,25-26,28-34,36-37,39,42,61H,4-6,8-9,12,15,18,21,24,27,35,38,40-41,43-60H2,1-3H3/b10-7-,14-11-,16-13-,20-17-,22-19-,26-23-,28-25-,31-29-,32-30+,36-34-,37-33-,42-39-. The van der Waals surface area contributed by atoms with Crippen LogP contribution in [-0.4, -0.2) is 37.2 Å². The molecule has 6 nitrogen and oxygen atoms in total. The minimum absolute atomic E-state index is 0.108. The van der Waals surface area contributed by atoms with Crippen molar-refractivity contribution in [3.05, 3.63) is 146 Å². The molecule has 0 rings (SSSR count). The molecule has 0 aromatic carbocycles. The van der Waals surface area contributed by atoms with Crippen LogP contribution in [-0.2, 0) is 28.6 Å². The van der Waals surface area contributed by atoms with Crippen molar-refractivity contribution in [3.63, 3.8) is 0 Å². The number of hydrogen-bond donors (Lipinski definition) is 0. The summed E-state index contributed by atoms with van der Waals surface area (Å²) in [6, 6.07) is 0. The van der Waals surface area contributed by atoms with E-state index in [0.29, 0.717) is 12.8 Å². The maximum Gasteiger partial charge on any atom is 0.306 e. The summed E-state index contributed by atoms with van der Waals surface area (Å²) in [4.78, 5) is 38.2. The number of carbonyl (C=O) groups excluding carboxylic acids is 3. The molecule has 1 unspecified atom stereocenters. The normalized spacial score (nSPS) is 13.2. The summed E-state index contributed by atoms with van der Waals surface area (Å²) in [5.74, 6) is -0.985. The second-order valence-electron chi connectivity index (χ2n) is 18.1. The molecule has 0 bridgehead atoms. The molecule has 0 saturated heterocycles. The van der Waals surface area contributed by atoms with Gasteiger partial charge in [-0.2, -0.15) is 0 Å². The topological polar surface area (TPSA) is 78.9 Å². The van der Waals surface area contributed by atoms with Gasteiger partial charge in [-0.05, 0) is 57.8 Å². The Morgan fingerprint density at radius 1 is 0.300 bits per heavy atom. The van der Waals surface area contributed by atoms with Crippen molar-refractivity contribution < 1.29 is 28.6 Å². The van der Waals surface area contributed by atoms with Crippen LogP contribution in [0.15, 0.2) is 146 Å². The van der Waals surface area contributed by atoms with Crippen molar-refractivity contribution >= 4 is 17.9 Å². The van der Waals surface area contributed by atoms with Crippen molar-refractivity contribution in [2.45, 2.75) is 226 Å². The fourth-order valence-electron chi connectivity index (χ4n) is 7.22. The quantitative estimate of drug-likeness (QED) is 0.0262. The van der Waals surface area contributed by atoms with Crippen molar-refractivity contribution in [2.75, 3.05) is 13.2 Å². The third-order valence-electron chi connectivity index (χ3n) is 11.4. The Bertz CT molecular complexity index is 1580. The fraction of sp³-hybridized carbons (Fsp3) is 0.578. The van der Waals surface area contributed by atoms with Gasteiger partial charge in [0.1, 0.15) is 13.2 Å². The zero-order valence-electron chi connectivity index (χ0n) is 44.7. The lowest BCUT2D eigenvalue weighted by molar-refractivity contribution is -0.167. The summed E-state index contributed by atoms with van der Waals surface area (Å²) >= 11 is 0. The minimum Gasteiger partial charge on any atom is -0.462 e. The van der Waals surface area contributed by atoms with E-state index in [9.17, 15) is 14.4 Å². The van der Waals surface area contributed by atoms with Crippen LogP contribution in [0.2, 0.25) is 0 Å². The van der Waals surface area contributed by atoms with Crippen LogP contribution in [0, 0.1) is 0 Å². The molecule has 0 amide bonds. The SMILES string of the molecule is CC\C=C/C=C\C=C/C=C\C=C\C=C/C=C\CCCCCC(=O)OCC(COC(=O)CCCCCCCCCCCCCCCCC)OC(=O)CCCCCCC\C=C/C=C\C=C/C=C\C=C/CCC. The first-order valence-corrected chi connectivity index (χ1v) is 28.0. The Morgan fingerprint density at radius 2 is 0.586 bits per heavy atom. The van der Waals surface area contributed by atoms with E-state index in [4.69, 9.17) is 14.2 Å². The Hall–Kier alpha value is -4.71. The molecule has 0 saturated carbocycles. The maximum absolute atomic E-state index is 12.9. The summed E-state index contributed by atoms with van der Waals surface area (Å²) in [5, 5.41) is 0. The highest BCUT2D eigenvalue weighted by molar-refractivity contribution is 5.71. The maximum atomic E-state index is 12.9. The van der Waals surface area contributed by atoms with Crippen LogP contribution in [0.25, 0.3) is 0 Å². The molecule has 0 aromatic heterocycles. The third-order valence-corrected chi connectivity index (χ3v) is 11.4. The van der Waals surface area contributed by atoms with E-state index in [1.165, 1.54) is 83.5 Å². The van der Waals surface area contributed by atoms with Crippen molar-refractivity contribution in [1.29, 1.82) is 0 Å². The first kappa shape index (κ1) is 65.3. The molecule has 0 aliphatic rings. The van der Waals surface area contributed by atoms with E-state index < -0.39 is 6.10 Å². The van der Waals surface area contributed by atoms with Crippen LogP contribution in [0.3, 0.4) is 0 Å². The van der Waals surface area contributed by atoms with Gasteiger partial charge in [0.25, 0.3) is 0 Å². The lowest BCUT2D eigenvalue weighted by Crippen LogP contribution is -2.30. The molecular formula is C64H100O6. The van der Waals surface area contributed by atoms with Crippen LogP contribution in [0.5, 0.6) is 0 Å². The number of unbranched alkanes of at least 4 members (excludes halogenated alkanes) is 23. The Morgan fingerprint density at radius 3 is 0.943 bits per heavy atom. The van der Waals surface area contributed by atoms with Gasteiger partial charge in [0.2, 0.25) is 0 Å². The zero-order valence-corrected chi connectivity index (χ0v) is 44.7. The highest BCUT2D eigenvalue weighted by atomic mass is 16.6. The lowest BCUT2D eigenvalue weighted by Gasteiger charge is -2.18. The number of esters is 3. The van der Waals surface area contributed by atoms with E-state index in [-0.39, 0.29) is 37.5 Å². The van der Waals surface area contributed by atoms with Crippen molar-refractivity contribution in [2.24, 2.45) is 0 Å². The van der Waals surface area contributed by atoms with Gasteiger partial charge < -0.3 is 14.2 Å². The van der Waals surface area contributed by atoms with Crippen LogP contribution >= 0.6 is 0 Å². The molecule has 0 spiro atoms. The lowest BCUT2D eigenvalue weighted by atomic mass is 10.0. The van der Waals surface area contributed by atoms with E-state index in [1.807, 2.05) is 109 Å². The molecule has 0 aliphatic heterocycles. The number of ether oxygens (including phenoxy) is 3. The Kier molecular flexibility index (Phi) is 53.0. The number of hydrogen-bond acceptors (Lipinski definition) is 6. The summed E-state index contributed by atoms with van der Waals surface area (Å²) in [6.07, 6.45) is 81.0. The predicted molar refractivity (Wildman–Crippen MR) is 302 cm³/mol. The molecule has 0 aliphatic carbocycles. The zero-order chi connectivity index (χ0) is 50.7. The molecule has 0 N–H and O–H groups in total. The van der Waals surface area contributed by atoms with Crippen LogP contribution < -0.4 is 0 Å². The van der Waals surface area contributed by atoms with E-state index in [1.54, 1.807) is 0 Å². The van der Waals surface area contributed by atoms with Gasteiger partial charge in [0, 0.05) is 19.3 Å². The average molecular weight is 965 g/mol. The van der Waals surface area contributed by atoms with Gasteiger partial charge in [0.05, 0.1) is 0 Å². The Balaban J connectivity index is 4.58. The minimum atomic E-state index is -0.816. The predicted octanol–water partition coefficient (Wildman–Crippen LogP) is 18.8. The van der Waals surface area contributed by atoms with Gasteiger partial charge in [-0.3, -0.25) is 14.4 Å². The molecule has 0 fully saturated rings. The second kappa shape index (κ2) is 56.9. The summed E-state index contributed by atoms with van der Waals surface area (Å²) < 4.78 is 16.8. The molecule has 0 heterocycles. The molecule has 0 aromatic rings. The summed E-state index contributed by atoms with van der Waals surface area (Å²) in [6.45, 7) is 6.34. The molecule has 70 heavy (non-hydrogen) atoms. The molecule has 1 atom stereocenters. The average Bonchev–Trinajstić information content (AvgIpc) is 3.36. The number of carbonyl (C=O) groups is 3. The van der Waals surface area contributed by atoms with Gasteiger partial charge in [-0.1, -0.05) is 289 Å². The monoisotopic (exact) mass is 965 g/mol. The van der Waals surface area contributed by atoms with Gasteiger partial charge in [-0.15, -0.1) is 0 Å². The van der Waals surface area contributed by atoms with Crippen molar-refractivity contribution in [3.8, 4) is 0 Å². The van der Waals surface area contributed by atoms with Gasteiger partial charge >= 0.3 is 17.9 Å². The molecule has 0 radical (unpaired) electrons. The van der Waals surface area contributed by atoms with Crippen LogP contribution in [0.1, 0.15) is 220 Å². The fourth-order valence-corrected chi connectivity index (χ4v) is 7.22. The van der Waals surface area contributed by atoms with E-state index in [0.717, 1.165) is 96.3 Å². The summed E-state index contributed by atoms with van der Waals surface area (Å²) in [5.41, 5.74) is 0. The van der Waals surface area contributed by atoms with Gasteiger partial charge in [-0.25, -0.2) is 0 Å². The van der Waals surface area contributed by atoms with E-state index in [2.05, 4.69) is 57.2 Å². The smallest absolute Gasteiger partial charge is 0.306 e. The third kappa shape index (κ3) is 54.2. The van der Waals surface area contributed by atoms with E-state index >= 15 is 0 Å². The second-order valence-corrected chi connectivity index (χ2v) is 18.1. The largest absolute Gasteiger partial charge is 0.462 e. The Labute approximate surface area is 429 Å². The first-order chi connectivity index (χ1) is 34.5. The molecular weight excluding hydrogens is 865 g/mol. The molecule has 6 heteroatoms. The molecule has 392 valence electrons. The summed E-state index contributed by atoms with van der Waals surface area (Å²) in [7, 11) is 0. The highest BCUT2D eigenvalue weighted by Crippen LogP contribution is 2.15. The number of rotatable bonds is 48. The van der Waals surface area contributed by atoms with Crippen LogP contribution in [0.4, 0.5) is 0 Å². The first-order valence-electron chi connectivity index (χ1n) is 28.0. The van der Waals surface area contributed by atoms with Gasteiger partial charge in [0.15, 0.2) is 6.10 Å². The highest BCUT2D eigenvalue weighted by Gasteiger charge is 2.19. The number of allylic oxidation sites excluding steroid dienone is 24.